The van der Waals surface area contributed by atoms with Crippen molar-refractivity contribution in [2.24, 2.45) is 0 Å². The van der Waals surface area contributed by atoms with Crippen LogP contribution < -0.4 is 5.48 Å². The number of fused-ring (bicyclic) bond motifs is 1. The minimum atomic E-state index is -0.425. The molecule has 2 N–H and O–H groups in total. The van der Waals surface area contributed by atoms with E-state index in [1.807, 2.05) is 13.0 Å². The number of carbonyl (C=O) groups excluding carboxylic acids is 3. The van der Waals surface area contributed by atoms with Crippen LogP contribution in [0.3, 0.4) is 0 Å². The minimum absolute atomic E-state index is 0.234. The van der Waals surface area contributed by atoms with Crippen molar-refractivity contribution in [3.8, 4) is 0 Å². The van der Waals surface area contributed by atoms with Crippen molar-refractivity contribution in [1.29, 1.82) is 0 Å². The number of nitrogens with one attached hydrogen (secondary N) is 1. The second kappa shape index (κ2) is 6.49. The zero-order valence-electron chi connectivity index (χ0n) is 11.9. The van der Waals surface area contributed by atoms with Gasteiger partial charge in [-0.1, -0.05) is 18.1 Å². The Morgan fingerprint density at radius 1 is 1.14 bits per heavy atom. The van der Waals surface area contributed by atoms with Crippen LogP contribution in [-0.2, 0) is 4.79 Å². The number of aryl methyl sites for hydroxylation is 1. The Morgan fingerprint density at radius 2 is 1.86 bits per heavy atom. The molecule has 3 amide bonds. The highest BCUT2D eigenvalue weighted by atomic mass is 16.5. The number of hydrogen-bond donors (Lipinski definition) is 2. The van der Waals surface area contributed by atoms with Crippen LogP contribution in [0.5, 0.6) is 0 Å². The second-order valence-corrected chi connectivity index (χ2v) is 5.16. The molecule has 0 atom stereocenters. The van der Waals surface area contributed by atoms with Crippen molar-refractivity contribution >= 4 is 17.7 Å². The molecule has 0 bridgehead atoms. The summed E-state index contributed by atoms with van der Waals surface area (Å²) >= 11 is 0. The number of rotatable bonds is 6. The molecule has 0 aromatic heterocycles. The van der Waals surface area contributed by atoms with Gasteiger partial charge in [-0.3, -0.25) is 24.5 Å². The normalized spacial score (nSPS) is 13.5. The van der Waals surface area contributed by atoms with Crippen LogP contribution in [-0.4, -0.2) is 34.4 Å². The predicted molar refractivity (Wildman–Crippen MR) is 74.9 cm³/mol. The van der Waals surface area contributed by atoms with E-state index in [4.69, 9.17) is 5.21 Å². The van der Waals surface area contributed by atoms with E-state index < -0.39 is 5.91 Å². The fourth-order valence-corrected chi connectivity index (χ4v) is 2.40. The van der Waals surface area contributed by atoms with Crippen LogP contribution in [0.4, 0.5) is 0 Å². The van der Waals surface area contributed by atoms with Gasteiger partial charge in [-0.25, -0.2) is 5.48 Å². The maximum absolute atomic E-state index is 12.2. The summed E-state index contributed by atoms with van der Waals surface area (Å²) < 4.78 is 0. The number of imide groups is 1. The zero-order valence-corrected chi connectivity index (χ0v) is 11.9. The van der Waals surface area contributed by atoms with Gasteiger partial charge < -0.3 is 0 Å². The number of unbranched alkanes of at least 4 members (excludes halogenated alkanes) is 2. The van der Waals surface area contributed by atoms with E-state index in [-0.39, 0.29) is 18.2 Å². The standard InChI is InChI=1S/C15H18N2O4/c1-10-6-7-11-12(9-10)15(20)17(14(11)19)8-4-2-3-5-13(18)16-21/h6-7,9,21H,2-5,8H2,1H3,(H,16,18). The van der Waals surface area contributed by atoms with Gasteiger partial charge in [0.05, 0.1) is 11.1 Å². The van der Waals surface area contributed by atoms with E-state index in [9.17, 15) is 14.4 Å². The van der Waals surface area contributed by atoms with Crippen molar-refractivity contribution in [2.75, 3.05) is 6.54 Å². The third-order valence-electron chi connectivity index (χ3n) is 3.54. The number of hydrogen-bond acceptors (Lipinski definition) is 4. The zero-order chi connectivity index (χ0) is 15.4. The van der Waals surface area contributed by atoms with Gasteiger partial charge in [-0.2, -0.15) is 0 Å². The molecule has 0 unspecified atom stereocenters. The Balaban J connectivity index is 1.87. The first-order chi connectivity index (χ1) is 10.0. The molecule has 112 valence electrons. The Hall–Kier alpha value is -2.21. The third-order valence-corrected chi connectivity index (χ3v) is 3.54. The van der Waals surface area contributed by atoms with E-state index in [2.05, 4.69) is 0 Å². The molecule has 2 rings (SSSR count). The molecule has 1 aromatic rings. The largest absolute Gasteiger partial charge is 0.289 e. The molecular weight excluding hydrogens is 272 g/mol. The van der Waals surface area contributed by atoms with Crippen molar-refractivity contribution in [3.05, 3.63) is 34.9 Å². The van der Waals surface area contributed by atoms with Crippen molar-refractivity contribution in [3.63, 3.8) is 0 Å². The van der Waals surface area contributed by atoms with Gasteiger partial charge in [0.25, 0.3) is 11.8 Å². The highest BCUT2D eigenvalue weighted by Crippen LogP contribution is 2.24. The van der Waals surface area contributed by atoms with E-state index >= 15 is 0 Å². The van der Waals surface area contributed by atoms with Gasteiger partial charge in [-0.15, -0.1) is 0 Å². The van der Waals surface area contributed by atoms with E-state index in [0.717, 1.165) is 5.56 Å². The summed E-state index contributed by atoms with van der Waals surface area (Å²) in [6.45, 7) is 2.24. The lowest BCUT2D eigenvalue weighted by atomic mass is 10.1. The molecule has 0 spiro atoms. The second-order valence-electron chi connectivity index (χ2n) is 5.16. The maximum atomic E-state index is 12.2. The first-order valence-electron chi connectivity index (χ1n) is 6.94. The van der Waals surface area contributed by atoms with Crippen molar-refractivity contribution < 1.29 is 19.6 Å². The number of carbonyl (C=O) groups is 3. The molecule has 0 saturated heterocycles. The predicted octanol–water partition coefficient (Wildman–Crippen LogP) is 1.66. The Bertz CT molecular complexity index is 583. The van der Waals surface area contributed by atoms with Crippen LogP contribution in [0, 0.1) is 6.92 Å². The van der Waals surface area contributed by atoms with Crippen LogP contribution in [0.1, 0.15) is 52.0 Å². The Kier molecular flexibility index (Phi) is 4.70. The molecule has 1 aliphatic heterocycles. The summed E-state index contributed by atoms with van der Waals surface area (Å²) in [7, 11) is 0. The van der Waals surface area contributed by atoms with E-state index in [1.165, 1.54) is 4.90 Å². The number of amides is 3. The molecular formula is C15H18N2O4. The average Bonchev–Trinajstić information content (AvgIpc) is 2.70. The Morgan fingerprint density at radius 3 is 2.57 bits per heavy atom. The van der Waals surface area contributed by atoms with Crippen LogP contribution in [0.25, 0.3) is 0 Å². The molecule has 21 heavy (non-hydrogen) atoms. The third kappa shape index (κ3) is 3.28. The van der Waals surface area contributed by atoms with Gasteiger partial charge in [0, 0.05) is 13.0 Å². The first-order valence-corrected chi connectivity index (χ1v) is 6.94. The van der Waals surface area contributed by atoms with Gasteiger partial charge in [0.1, 0.15) is 0 Å². The molecule has 0 radical (unpaired) electrons. The summed E-state index contributed by atoms with van der Waals surface area (Å²) in [6, 6.07) is 5.25. The van der Waals surface area contributed by atoms with Crippen molar-refractivity contribution in [2.45, 2.75) is 32.6 Å². The lowest BCUT2D eigenvalue weighted by Crippen LogP contribution is -2.30. The maximum Gasteiger partial charge on any atom is 0.261 e. The summed E-state index contributed by atoms with van der Waals surface area (Å²) in [5.41, 5.74) is 3.46. The summed E-state index contributed by atoms with van der Waals surface area (Å²) in [6.07, 6.45) is 2.19. The van der Waals surface area contributed by atoms with Gasteiger partial charge in [-0.05, 0) is 31.9 Å². The van der Waals surface area contributed by atoms with Gasteiger partial charge >= 0.3 is 0 Å². The first kappa shape index (κ1) is 15.2. The van der Waals surface area contributed by atoms with Crippen LogP contribution in [0.15, 0.2) is 18.2 Å². The van der Waals surface area contributed by atoms with Crippen LogP contribution in [0.2, 0.25) is 0 Å². The molecule has 6 heteroatoms. The number of nitrogens with zero attached hydrogens (tertiary/aromatic N) is 1. The average molecular weight is 290 g/mol. The van der Waals surface area contributed by atoms with Gasteiger partial charge in [0.15, 0.2) is 0 Å². The van der Waals surface area contributed by atoms with Crippen LogP contribution >= 0.6 is 0 Å². The van der Waals surface area contributed by atoms with Crippen molar-refractivity contribution in [1.82, 2.24) is 10.4 Å². The molecule has 1 heterocycles. The molecule has 6 nitrogen and oxygen atoms in total. The summed E-state index contributed by atoms with van der Waals surface area (Å²) in [4.78, 5) is 36.4. The summed E-state index contributed by atoms with van der Waals surface area (Å²) in [5, 5.41) is 8.36. The molecule has 0 fully saturated rings. The molecule has 1 aromatic carbocycles. The number of hydroxylamine groups is 1. The fraction of sp³-hybridized carbons (Fsp3) is 0.400. The quantitative estimate of drug-likeness (QED) is 0.361. The van der Waals surface area contributed by atoms with E-state index in [0.29, 0.717) is 36.9 Å². The SMILES string of the molecule is Cc1ccc2c(c1)C(=O)N(CCCCCC(=O)NO)C2=O. The molecule has 0 aliphatic carbocycles. The number of benzene rings is 1. The van der Waals surface area contributed by atoms with E-state index in [1.54, 1.807) is 17.6 Å². The topological polar surface area (TPSA) is 86.7 Å². The van der Waals surface area contributed by atoms with Gasteiger partial charge in [0.2, 0.25) is 5.91 Å². The molecule has 0 saturated carbocycles. The molecule has 1 aliphatic rings. The smallest absolute Gasteiger partial charge is 0.261 e. The highest BCUT2D eigenvalue weighted by Gasteiger charge is 2.34. The lowest BCUT2D eigenvalue weighted by molar-refractivity contribution is -0.129. The highest BCUT2D eigenvalue weighted by molar-refractivity contribution is 6.21. The lowest BCUT2D eigenvalue weighted by Gasteiger charge is -2.13. The summed E-state index contributed by atoms with van der Waals surface area (Å²) in [5.74, 6) is -0.916. The minimum Gasteiger partial charge on any atom is -0.289 e. The Labute approximate surface area is 122 Å². The fourth-order valence-electron chi connectivity index (χ4n) is 2.40. The monoisotopic (exact) mass is 290 g/mol.